The standard InChI is InChI=1S/C20H21NO2/c22-20(16-12-15-7-2-4-11-19(15)23-13-16)21-18-10-5-8-14-6-1-3-9-17(14)18/h1-4,6-7,9,11,16,18H,5,8,10,12-13H2,(H,21,22). The Balaban J connectivity index is 1.47. The van der Waals surface area contributed by atoms with Gasteiger partial charge in [0, 0.05) is 0 Å². The first-order chi connectivity index (χ1) is 11.3. The summed E-state index contributed by atoms with van der Waals surface area (Å²) in [5.74, 6) is 0.930. The molecule has 2 aromatic rings. The molecule has 2 atom stereocenters. The lowest BCUT2D eigenvalue weighted by molar-refractivity contribution is -0.127. The van der Waals surface area contributed by atoms with Crippen LogP contribution in [0.5, 0.6) is 5.75 Å². The summed E-state index contributed by atoms with van der Waals surface area (Å²) in [5.41, 5.74) is 3.78. The number of ether oxygens (including phenoxy) is 1. The van der Waals surface area contributed by atoms with E-state index in [0.717, 1.165) is 37.0 Å². The maximum atomic E-state index is 12.7. The van der Waals surface area contributed by atoms with Crippen LogP contribution in [0.1, 0.15) is 35.6 Å². The third-order valence-electron chi connectivity index (χ3n) is 4.94. The summed E-state index contributed by atoms with van der Waals surface area (Å²) >= 11 is 0. The smallest absolute Gasteiger partial charge is 0.227 e. The third-order valence-corrected chi connectivity index (χ3v) is 4.94. The fourth-order valence-electron chi connectivity index (χ4n) is 3.69. The fraction of sp³-hybridized carbons (Fsp3) is 0.350. The van der Waals surface area contributed by atoms with Crippen molar-refractivity contribution in [3.8, 4) is 5.75 Å². The second-order valence-corrected chi connectivity index (χ2v) is 6.47. The zero-order valence-corrected chi connectivity index (χ0v) is 13.1. The number of para-hydroxylation sites is 1. The molecule has 1 N–H and O–H groups in total. The van der Waals surface area contributed by atoms with Crippen LogP contribution in [0.2, 0.25) is 0 Å². The highest BCUT2D eigenvalue weighted by atomic mass is 16.5. The number of aryl methyl sites for hydroxylation is 1. The molecule has 1 heterocycles. The number of hydrogen-bond donors (Lipinski definition) is 1. The summed E-state index contributed by atoms with van der Waals surface area (Å²) in [4.78, 5) is 12.7. The van der Waals surface area contributed by atoms with Crippen LogP contribution in [-0.4, -0.2) is 12.5 Å². The van der Waals surface area contributed by atoms with Gasteiger partial charge in [-0.25, -0.2) is 0 Å². The Morgan fingerprint density at radius 2 is 1.83 bits per heavy atom. The summed E-state index contributed by atoms with van der Waals surface area (Å²) in [7, 11) is 0. The second-order valence-electron chi connectivity index (χ2n) is 6.47. The normalized spacial score (nSPS) is 22.4. The first-order valence-electron chi connectivity index (χ1n) is 8.40. The molecule has 2 unspecified atom stereocenters. The maximum absolute atomic E-state index is 12.7. The van der Waals surface area contributed by atoms with Crippen molar-refractivity contribution in [2.75, 3.05) is 6.61 Å². The van der Waals surface area contributed by atoms with Crippen LogP contribution in [0, 0.1) is 5.92 Å². The van der Waals surface area contributed by atoms with E-state index in [1.165, 1.54) is 11.1 Å². The number of benzene rings is 2. The van der Waals surface area contributed by atoms with Crippen molar-refractivity contribution in [2.45, 2.75) is 31.7 Å². The number of fused-ring (bicyclic) bond motifs is 2. The van der Waals surface area contributed by atoms with Gasteiger partial charge in [-0.05, 0) is 48.4 Å². The lowest BCUT2D eigenvalue weighted by Crippen LogP contribution is -2.40. The van der Waals surface area contributed by atoms with E-state index in [1.54, 1.807) is 0 Å². The molecule has 0 radical (unpaired) electrons. The number of carbonyl (C=O) groups is 1. The van der Waals surface area contributed by atoms with Crippen molar-refractivity contribution < 1.29 is 9.53 Å². The Morgan fingerprint density at radius 3 is 2.74 bits per heavy atom. The Morgan fingerprint density at radius 1 is 1.04 bits per heavy atom. The molecular formula is C20H21NO2. The van der Waals surface area contributed by atoms with Gasteiger partial charge in [0.2, 0.25) is 5.91 Å². The van der Waals surface area contributed by atoms with Crippen molar-refractivity contribution in [3.63, 3.8) is 0 Å². The first kappa shape index (κ1) is 14.3. The van der Waals surface area contributed by atoms with Gasteiger partial charge < -0.3 is 10.1 Å². The van der Waals surface area contributed by atoms with E-state index < -0.39 is 0 Å². The summed E-state index contributed by atoms with van der Waals surface area (Å²) in [6.45, 7) is 0.469. The average Bonchev–Trinajstić information content (AvgIpc) is 2.61. The van der Waals surface area contributed by atoms with Gasteiger partial charge in [0.15, 0.2) is 0 Å². The molecular weight excluding hydrogens is 286 g/mol. The van der Waals surface area contributed by atoms with Crippen molar-refractivity contribution in [2.24, 2.45) is 5.92 Å². The highest BCUT2D eigenvalue weighted by molar-refractivity contribution is 5.80. The molecule has 0 aromatic heterocycles. The van der Waals surface area contributed by atoms with Crippen molar-refractivity contribution in [1.29, 1.82) is 0 Å². The number of nitrogens with one attached hydrogen (secondary N) is 1. The summed E-state index contributed by atoms with van der Waals surface area (Å²) < 4.78 is 5.76. The molecule has 0 saturated carbocycles. The SMILES string of the molecule is O=C(NC1CCCc2ccccc21)C1COc2ccccc2C1. The predicted molar refractivity (Wildman–Crippen MR) is 89.4 cm³/mol. The first-order valence-corrected chi connectivity index (χ1v) is 8.40. The Hall–Kier alpha value is -2.29. The highest BCUT2D eigenvalue weighted by Crippen LogP contribution is 2.31. The Labute approximate surface area is 136 Å². The molecule has 2 aromatic carbocycles. The molecule has 4 rings (SSSR count). The van der Waals surface area contributed by atoms with Gasteiger partial charge in [-0.15, -0.1) is 0 Å². The number of hydrogen-bond acceptors (Lipinski definition) is 2. The van der Waals surface area contributed by atoms with Crippen LogP contribution in [0.4, 0.5) is 0 Å². The van der Waals surface area contributed by atoms with Crippen molar-refractivity contribution >= 4 is 5.91 Å². The van der Waals surface area contributed by atoms with Gasteiger partial charge in [-0.2, -0.15) is 0 Å². The van der Waals surface area contributed by atoms with Crippen molar-refractivity contribution in [1.82, 2.24) is 5.32 Å². The zero-order chi connectivity index (χ0) is 15.6. The van der Waals surface area contributed by atoms with Gasteiger partial charge in [0.25, 0.3) is 0 Å². The molecule has 0 spiro atoms. The minimum atomic E-state index is -0.0982. The molecule has 3 nitrogen and oxygen atoms in total. The van der Waals surface area contributed by atoms with E-state index in [2.05, 4.69) is 29.6 Å². The number of amides is 1. The molecule has 1 aliphatic heterocycles. The van der Waals surface area contributed by atoms with Gasteiger partial charge in [-0.3, -0.25) is 4.79 Å². The van der Waals surface area contributed by atoms with E-state index in [9.17, 15) is 4.79 Å². The molecule has 118 valence electrons. The lowest BCUT2D eigenvalue weighted by atomic mass is 9.87. The molecule has 0 bridgehead atoms. The average molecular weight is 307 g/mol. The summed E-state index contributed by atoms with van der Waals surface area (Å²) in [6.07, 6.45) is 4.03. The molecule has 1 amide bonds. The largest absolute Gasteiger partial charge is 0.492 e. The van der Waals surface area contributed by atoms with Gasteiger partial charge in [-0.1, -0.05) is 42.5 Å². The molecule has 2 aliphatic rings. The zero-order valence-electron chi connectivity index (χ0n) is 13.1. The Kier molecular flexibility index (Phi) is 3.78. The molecule has 0 saturated heterocycles. The molecule has 0 fully saturated rings. The fourth-order valence-corrected chi connectivity index (χ4v) is 3.69. The lowest BCUT2D eigenvalue weighted by Gasteiger charge is -2.30. The van der Waals surface area contributed by atoms with E-state index >= 15 is 0 Å². The van der Waals surface area contributed by atoms with Gasteiger partial charge >= 0.3 is 0 Å². The minimum Gasteiger partial charge on any atom is -0.492 e. The van der Waals surface area contributed by atoms with Crippen LogP contribution >= 0.6 is 0 Å². The predicted octanol–water partition coefficient (Wildman–Crippen LogP) is 3.43. The second kappa shape index (κ2) is 6.07. The van der Waals surface area contributed by atoms with E-state index in [4.69, 9.17) is 4.74 Å². The summed E-state index contributed by atoms with van der Waals surface area (Å²) in [5, 5.41) is 3.26. The topological polar surface area (TPSA) is 38.3 Å². The molecule has 1 aliphatic carbocycles. The molecule has 23 heavy (non-hydrogen) atoms. The van der Waals surface area contributed by atoms with Crippen LogP contribution in [0.25, 0.3) is 0 Å². The van der Waals surface area contributed by atoms with Crippen LogP contribution in [-0.2, 0) is 17.6 Å². The van der Waals surface area contributed by atoms with E-state index in [-0.39, 0.29) is 17.9 Å². The quantitative estimate of drug-likeness (QED) is 0.923. The molecule has 3 heteroatoms. The monoisotopic (exact) mass is 307 g/mol. The maximum Gasteiger partial charge on any atom is 0.227 e. The van der Waals surface area contributed by atoms with Crippen LogP contribution in [0.3, 0.4) is 0 Å². The number of carbonyl (C=O) groups excluding carboxylic acids is 1. The van der Waals surface area contributed by atoms with Gasteiger partial charge in [0.1, 0.15) is 12.4 Å². The van der Waals surface area contributed by atoms with Crippen LogP contribution in [0.15, 0.2) is 48.5 Å². The summed E-state index contributed by atoms with van der Waals surface area (Å²) in [6, 6.07) is 16.6. The van der Waals surface area contributed by atoms with Crippen molar-refractivity contribution in [3.05, 3.63) is 65.2 Å². The highest BCUT2D eigenvalue weighted by Gasteiger charge is 2.29. The Bertz CT molecular complexity index is 725. The minimum absolute atomic E-state index is 0.0982. The number of rotatable bonds is 2. The van der Waals surface area contributed by atoms with Gasteiger partial charge in [0.05, 0.1) is 12.0 Å². The van der Waals surface area contributed by atoms with E-state index in [0.29, 0.717) is 6.61 Å². The third kappa shape index (κ3) is 2.83. The van der Waals surface area contributed by atoms with E-state index in [1.807, 2.05) is 24.3 Å². The van der Waals surface area contributed by atoms with Crippen LogP contribution < -0.4 is 10.1 Å².